The summed E-state index contributed by atoms with van der Waals surface area (Å²) >= 11 is 0. The average Bonchev–Trinajstić information content (AvgIpc) is 2.15. The molecule has 80 valence electrons. The molecule has 0 aromatic rings. The third-order valence-corrected chi connectivity index (χ3v) is 1.16. The first kappa shape index (κ1) is 12.4. The molecule has 0 aliphatic heterocycles. The molecule has 0 saturated carbocycles. The van der Waals surface area contributed by atoms with E-state index in [-0.39, 0.29) is 19.8 Å². The standard InChI is InChI=1S/C8H13NO5/c1-3-13-6(10)5-9-7(11)8(12)14-4-2/h3-5H2,1-2H3,(H,9,11). The van der Waals surface area contributed by atoms with Crippen molar-refractivity contribution in [2.45, 2.75) is 13.8 Å². The van der Waals surface area contributed by atoms with Gasteiger partial charge in [-0.1, -0.05) is 0 Å². The average molecular weight is 203 g/mol. The smallest absolute Gasteiger partial charge is 0.396 e. The van der Waals surface area contributed by atoms with E-state index in [0.29, 0.717) is 0 Å². The maximum atomic E-state index is 10.8. The highest BCUT2D eigenvalue weighted by molar-refractivity contribution is 6.32. The summed E-state index contributed by atoms with van der Waals surface area (Å²) in [6, 6.07) is 0. The molecule has 0 fully saturated rings. The van der Waals surface area contributed by atoms with Crippen LogP contribution in [0.15, 0.2) is 0 Å². The van der Waals surface area contributed by atoms with E-state index in [9.17, 15) is 14.4 Å². The van der Waals surface area contributed by atoms with Crippen molar-refractivity contribution in [3.05, 3.63) is 0 Å². The Kier molecular flexibility index (Phi) is 6.09. The normalized spacial score (nSPS) is 9.00. The molecule has 0 aliphatic carbocycles. The van der Waals surface area contributed by atoms with Gasteiger partial charge in [0.25, 0.3) is 0 Å². The zero-order valence-electron chi connectivity index (χ0n) is 8.16. The van der Waals surface area contributed by atoms with Gasteiger partial charge in [0.15, 0.2) is 0 Å². The van der Waals surface area contributed by atoms with Crippen LogP contribution in [-0.4, -0.2) is 37.6 Å². The van der Waals surface area contributed by atoms with Crippen LogP contribution in [0.5, 0.6) is 0 Å². The lowest BCUT2D eigenvalue weighted by Gasteiger charge is -2.03. The van der Waals surface area contributed by atoms with Crippen molar-refractivity contribution < 1.29 is 23.9 Å². The summed E-state index contributed by atoms with van der Waals surface area (Å²) in [5.41, 5.74) is 0. The molecule has 0 bridgehead atoms. The molecular weight excluding hydrogens is 190 g/mol. The summed E-state index contributed by atoms with van der Waals surface area (Å²) in [5.74, 6) is -2.54. The van der Waals surface area contributed by atoms with Crippen molar-refractivity contribution in [3.8, 4) is 0 Å². The molecule has 6 heteroatoms. The molecule has 0 aliphatic rings. The third-order valence-electron chi connectivity index (χ3n) is 1.16. The van der Waals surface area contributed by atoms with E-state index in [1.165, 1.54) is 0 Å². The monoisotopic (exact) mass is 203 g/mol. The van der Waals surface area contributed by atoms with Gasteiger partial charge in [-0.25, -0.2) is 4.79 Å². The highest BCUT2D eigenvalue weighted by Gasteiger charge is 2.15. The van der Waals surface area contributed by atoms with Gasteiger partial charge in [0, 0.05) is 0 Å². The summed E-state index contributed by atoms with van der Waals surface area (Å²) in [6.45, 7) is 3.24. The molecule has 0 atom stereocenters. The fourth-order valence-corrected chi connectivity index (χ4v) is 0.633. The van der Waals surface area contributed by atoms with Gasteiger partial charge < -0.3 is 14.8 Å². The summed E-state index contributed by atoms with van der Waals surface area (Å²) < 4.78 is 8.92. The zero-order chi connectivity index (χ0) is 11.0. The Morgan fingerprint density at radius 3 is 2.14 bits per heavy atom. The molecule has 0 radical (unpaired) electrons. The molecule has 1 N–H and O–H groups in total. The van der Waals surface area contributed by atoms with Crippen LogP contribution in [0.3, 0.4) is 0 Å². The zero-order valence-corrected chi connectivity index (χ0v) is 8.16. The fourth-order valence-electron chi connectivity index (χ4n) is 0.633. The Morgan fingerprint density at radius 2 is 1.64 bits per heavy atom. The van der Waals surface area contributed by atoms with Gasteiger partial charge in [-0.2, -0.15) is 0 Å². The number of carbonyl (C=O) groups is 3. The van der Waals surface area contributed by atoms with Crippen molar-refractivity contribution >= 4 is 17.8 Å². The van der Waals surface area contributed by atoms with E-state index in [4.69, 9.17) is 0 Å². The summed E-state index contributed by atoms with van der Waals surface area (Å²) in [6.07, 6.45) is 0. The summed E-state index contributed by atoms with van der Waals surface area (Å²) in [5, 5.41) is 2.06. The number of amides is 1. The quantitative estimate of drug-likeness (QED) is 0.479. The SMILES string of the molecule is CCOC(=O)CNC(=O)C(=O)OCC. The van der Waals surface area contributed by atoms with Crippen molar-refractivity contribution in [1.29, 1.82) is 0 Å². The Labute approximate surface area is 81.6 Å². The maximum Gasteiger partial charge on any atom is 0.396 e. The first-order valence-electron chi connectivity index (χ1n) is 4.22. The minimum Gasteiger partial charge on any atom is -0.465 e. The molecule has 0 aromatic heterocycles. The molecule has 0 saturated heterocycles. The molecule has 1 amide bonds. The molecule has 0 unspecified atom stereocenters. The third kappa shape index (κ3) is 5.13. The second-order valence-electron chi connectivity index (χ2n) is 2.21. The molecule has 0 aromatic carbocycles. The van der Waals surface area contributed by atoms with Gasteiger partial charge in [-0.05, 0) is 13.8 Å². The van der Waals surface area contributed by atoms with Crippen LogP contribution < -0.4 is 5.32 Å². The van der Waals surface area contributed by atoms with Crippen LogP contribution in [0.25, 0.3) is 0 Å². The Balaban J connectivity index is 3.73. The lowest BCUT2D eigenvalue weighted by Crippen LogP contribution is -2.36. The second-order valence-corrected chi connectivity index (χ2v) is 2.21. The highest BCUT2D eigenvalue weighted by Crippen LogP contribution is 1.79. The minimum atomic E-state index is -1.00. The van der Waals surface area contributed by atoms with Gasteiger partial charge in [0.05, 0.1) is 13.2 Å². The number of ether oxygens (including phenoxy) is 2. The topological polar surface area (TPSA) is 81.7 Å². The van der Waals surface area contributed by atoms with Crippen LogP contribution >= 0.6 is 0 Å². The summed E-state index contributed by atoms with van der Waals surface area (Å²) in [4.78, 5) is 32.3. The lowest BCUT2D eigenvalue weighted by atomic mass is 10.5. The van der Waals surface area contributed by atoms with Gasteiger partial charge in [-0.3, -0.25) is 9.59 Å². The van der Waals surface area contributed by atoms with Crippen LogP contribution in [0.2, 0.25) is 0 Å². The van der Waals surface area contributed by atoms with Gasteiger partial charge in [0.2, 0.25) is 0 Å². The Bertz CT molecular complexity index is 226. The first-order valence-corrected chi connectivity index (χ1v) is 4.22. The first-order chi connectivity index (χ1) is 6.61. The summed E-state index contributed by atoms with van der Waals surface area (Å²) in [7, 11) is 0. The molecule has 0 heterocycles. The number of hydrogen-bond donors (Lipinski definition) is 1. The van der Waals surface area contributed by atoms with Gasteiger partial charge >= 0.3 is 17.8 Å². The predicted octanol–water partition coefficient (Wildman–Crippen LogP) is -0.771. The van der Waals surface area contributed by atoms with E-state index in [1.807, 2.05) is 0 Å². The van der Waals surface area contributed by atoms with Crippen LogP contribution in [0.1, 0.15) is 13.8 Å². The van der Waals surface area contributed by atoms with E-state index in [2.05, 4.69) is 14.8 Å². The number of carbonyl (C=O) groups excluding carboxylic acids is 3. The molecule has 0 spiro atoms. The number of rotatable bonds is 4. The lowest BCUT2D eigenvalue weighted by molar-refractivity contribution is -0.155. The van der Waals surface area contributed by atoms with Crippen molar-refractivity contribution in [2.24, 2.45) is 0 Å². The highest BCUT2D eigenvalue weighted by atomic mass is 16.5. The molecule has 14 heavy (non-hydrogen) atoms. The molecule has 6 nitrogen and oxygen atoms in total. The molecule has 0 rings (SSSR count). The van der Waals surface area contributed by atoms with E-state index < -0.39 is 17.8 Å². The maximum absolute atomic E-state index is 10.8. The van der Waals surface area contributed by atoms with Crippen molar-refractivity contribution in [2.75, 3.05) is 19.8 Å². The minimum absolute atomic E-state index is 0.117. The van der Waals surface area contributed by atoms with E-state index >= 15 is 0 Å². The van der Waals surface area contributed by atoms with Crippen LogP contribution in [-0.2, 0) is 23.9 Å². The number of esters is 2. The number of nitrogens with one attached hydrogen (secondary N) is 1. The Hall–Kier alpha value is -1.59. The van der Waals surface area contributed by atoms with Crippen LogP contribution in [0, 0.1) is 0 Å². The van der Waals surface area contributed by atoms with Gasteiger partial charge in [-0.15, -0.1) is 0 Å². The van der Waals surface area contributed by atoms with E-state index in [1.54, 1.807) is 13.8 Å². The van der Waals surface area contributed by atoms with Crippen molar-refractivity contribution in [1.82, 2.24) is 5.32 Å². The second kappa shape index (κ2) is 6.88. The fraction of sp³-hybridized carbons (Fsp3) is 0.625. The molecular formula is C8H13NO5. The van der Waals surface area contributed by atoms with Gasteiger partial charge in [0.1, 0.15) is 6.54 Å². The predicted molar refractivity (Wildman–Crippen MR) is 46.3 cm³/mol. The van der Waals surface area contributed by atoms with E-state index in [0.717, 1.165) is 0 Å². The number of hydrogen-bond acceptors (Lipinski definition) is 5. The largest absolute Gasteiger partial charge is 0.465 e. The van der Waals surface area contributed by atoms with Crippen LogP contribution in [0.4, 0.5) is 0 Å². The van der Waals surface area contributed by atoms with Crippen molar-refractivity contribution in [3.63, 3.8) is 0 Å². The Morgan fingerprint density at radius 1 is 1.07 bits per heavy atom.